The lowest BCUT2D eigenvalue weighted by molar-refractivity contribution is -0.173. The molecule has 12 nitrogen and oxygen atoms in total. The van der Waals surface area contributed by atoms with E-state index in [1.165, 1.54) is 19.1 Å². The van der Waals surface area contributed by atoms with Crippen LogP contribution in [0.3, 0.4) is 0 Å². The third-order valence-electron chi connectivity index (χ3n) is 6.16. The molecule has 2 rings (SSSR count). The Morgan fingerprint density at radius 3 is 2.26 bits per heavy atom. The average Bonchev–Trinajstić information content (AvgIpc) is 2.88. The number of nitrogens with one attached hydrogen (secondary N) is 5. The van der Waals surface area contributed by atoms with Crippen LogP contribution in [0.4, 0.5) is 18.9 Å². The van der Waals surface area contributed by atoms with Gasteiger partial charge in [-0.05, 0) is 56.2 Å². The average molecular weight is 612 g/mol. The third kappa shape index (κ3) is 11.8. The molecule has 1 aromatic carbocycles. The van der Waals surface area contributed by atoms with Gasteiger partial charge >= 0.3 is 17.7 Å². The summed E-state index contributed by atoms with van der Waals surface area (Å²) in [5.41, 5.74) is 0.570. The fourth-order valence-corrected chi connectivity index (χ4v) is 4.16. The van der Waals surface area contributed by atoms with Gasteiger partial charge in [0.1, 0.15) is 17.7 Å². The van der Waals surface area contributed by atoms with Crippen LogP contribution in [0.5, 0.6) is 0 Å². The van der Waals surface area contributed by atoms with E-state index in [1.807, 2.05) is 13.8 Å². The van der Waals surface area contributed by atoms with Crippen LogP contribution < -0.4 is 32.2 Å². The molecule has 1 aromatic heterocycles. The number of rotatable bonds is 14. The van der Waals surface area contributed by atoms with Crippen LogP contribution >= 0.6 is 0 Å². The van der Waals surface area contributed by atoms with Gasteiger partial charge in [-0.1, -0.05) is 13.8 Å². The van der Waals surface area contributed by atoms with Gasteiger partial charge in [0.15, 0.2) is 0 Å². The van der Waals surface area contributed by atoms with E-state index >= 15 is 0 Å². The molecule has 0 fully saturated rings. The van der Waals surface area contributed by atoms with Gasteiger partial charge in [0.2, 0.25) is 23.6 Å². The van der Waals surface area contributed by atoms with E-state index in [2.05, 4.69) is 21.3 Å². The molecule has 0 aliphatic rings. The summed E-state index contributed by atoms with van der Waals surface area (Å²) in [5.74, 6) is -4.43. The maximum absolute atomic E-state index is 13.1. The fourth-order valence-electron chi connectivity index (χ4n) is 4.16. The van der Waals surface area contributed by atoms with E-state index in [0.717, 1.165) is 0 Å². The number of hydrogen-bond acceptors (Lipinski definition) is 7. The van der Waals surface area contributed by atoms with E-state index in [1.54, 1.807) is 24.4 Å². The van der Waals surface area contributed by atoms with E-state index in [4.69, 9.17) is 4.42 Å². The zero-order valence-corrected chi connectivity index (χ0v) is 24.3. The van der Waals surface area contributed by atoms with Gasteiger partial charge < -0.3 is 31.0 Å². The summed E-state index contributed by atoms with van der Waals surface area (Å²) in [6.07, 6.45) is -4.49. The first-order chi connectivity index (χ1) is 20.1. The number of anilines is 1. The minimum absolute atomic E-state index is 0.0168. The summed E-state index contributed by atoms with van der Waals surface area (Å²) < 4.78 is 42.4. The van der Waals surface area contributed by atoms with Crippen LogP contribution in [0.25, 0.3) is 11.0 Å². The molecule has 0 aliphatic carbocycles. The van der Waals surface area contributed by atoms with Crippen molar-refractivity contribution in [3.63, 3.8) is 0 Å². The maximum Gasteiger partial charge on any atom is 0.471 e. The molecule has 2 atom stereocenters. The van der Waals surface area contributed by atoms with Gasteiger partial charge in [-0.25, -0.2) is 4.79 Å². The van der Waals surface area contributed by atoms with Crippen molar-refractivity contribution in [2.75, 3.05) is 18.4 Å². The molecule has 1 heterocycles. The highest BCUT2D eigenvalue weighted by atomic mass is 19.4. The van der Waals surface area contributed by atoms with Gasteiger partial charge in [0.05, 0.1) is 6.54 Å². The van der Waals surface area contributed by atoms with Gasteiger partial charge in [-0.15, -0.1) is 0 Å². The van der Waals surface area contributed by atoms with Crippen molar-refractivity contribution in [2.45, 2.75) is 71.6 Å². The van der Waals surface area contributed by atoms with Gasteiger partial charge in [0, 0.05) is 36.7 Å². The molecule has 0 bridgehead atoms. The minimum atomic E-state index is -5.02. The van der Waals surface area contributed by atoms with Crippen LogP contribution in [0, 0.1) is 12.8 Å². The number of carbonyl (C=O) groups is 5. The van der Waals surface area contributed by atoms with Gasteiger partial charge in [-0.2, -0.15) is 13.2 Å². The summed E-state index contributed by atoms with van der Waals surface area (Å²) in [6, 6.07) is 3.92. The molecule has 236 valence electrons. The second kappa shape index (κ2) is 15.7. The number of aryl methyl sites for hydroxylation is 1. The monoisotopic (exact) mass is 611 g/mol. The molecule has 15 heteroatoms. The molecule has 0 unspecified atom stereocenters. The first kappa shape index (κ1) is 34.8. The van der Waals surface area contributed by atoms with Crippen LogP contribution in [0.2, 0.25) is 0 Å². The van der Waals surface area contributed by atoms with Gasteiger partial charge in [-0.3, -0.25) is 24.0 Å². The Morgan fingerprint density at radius 1 is 0.930 bits per heavy atom. The minimum Gasteiger partial charge on any atom is -0.423 e. The lowest BCUT2D eigenvalue weighted by atomic mass is 10.0. The van der Waals surface area contributed by atoms with E-state index in [9.17, 15) is 41.9 Å². The summed E-state index contributed by atoms with van der Waals surface area (Å²) >= 11 is 0. The molecule has 43 heavy (non-hydrogen) atoms. The molecule has 5 N–H and O–H groups in total. The summed E-state index contributed by atoms with van der Waals surface area (Å²) in [7, 11) is 0. The Kier molecular flexibility index (Phi) is 12.7. The fraction of sp³-hybridized carbons (Fsp3) is 0.500. The number of hydrogen-bond donors (Lipinski definition) is 5. The Bertz CT molecular complexity index is 1390. The normalized spacial score (nSPS) is 12.7. The van der Waals surface area contributed by atoms with Crippen LogP contribution in [-0.2, 0) is 24.0 Å². The Labute approximate surface area is 245 Å². The molecule has 0 spiro atoms. The largest absolute Gasteiger partial charge is 0.471 e. The van der Waals surface area contributed by atoms with Crippen LogP contribution in [0.1, 0.15) is 52.0 Å². The summed E-state index contributed by atoms with van der Waals surface area (Å²) in [4.78, 5) is 72.6. The number of carbonyl (C=O) groups excluding carboxylic acids is 5. The molecule has 0 aliphatic heterocycles. The molecular formula is C28H36F3N5O7. The van der Waals surface area contributed by atoms with Crippen molar-refractivity contribution >= 4 is 46.2 Å². The molecule has 0 saturated heterocycles. The van der Waals surface area contributed by atoms with Crippen molar-refractivity contribution in [2.24, 2.45) is 5.92 Å². The van der Waals surface area contributed by atoms with E-state index < -0.39 is 60.0 Å². The second-order valence-corrected chi connectivity index (χ2v) is 10.4. The zero-order valence-electron chi connectivity index (χ0n) is 24.3. The SMILES string of the molecule is CC(=O)N[C@@H](CC(C)C)C(=O)NCC(=O)N[C@@H](CCCCNC(=O)C(F)(F)F)C(=O)Nc1ccc2c(C)cc(=O)oc2c1. The van der Waals surface area contributed by atoms with Crippen LogP contribution in [-0.4, -0.2) is 60.9 Å². The topological polar surface area (TPSA) is 176 Å². The van der Waals surface area contributed by atoms with Crippen molar-refractivity contribution in [3.8, 4) is 0 Å². The zero-order chi connectivity index (χ0) is 32.3. The Morgan fingerprint density at radius 2 is 1.63 bits per heavy atom. The number of benzene rings is 1. The second-order valence-electron chi connectivity index (χ2n) is 10.4. The molecule has 5 amide bonds. The smallest absolute Gasteiger partial charge is 0.423 e. The number of alkyl halides is 3. The highest BCUT2D eigenvalue weighted by molar-refractivity contribution is 5.99. The predicted molar refractivity (Wildman–Crippen MR) is 151 cm³/mol. The standard InChI is InChI=1S/C28H36F3N5O7/c1-15(2)11-21(34-17(4)37)25(40)33-14-23(38)36-20(7-5-6-10-32-27(42)28(29,30)31)26(41)35-18-8-9-19-16(3)12-24(39)43-22(19)13-18/h8-9,12-13,15,20-21H,5-7,10-11,14H2,1-4H3,(H,32,42)(H,33,40)(H,34,37)(H,35,41)(H,36,38)/t20-,21-/m0/s1. The number of halogens is 3. The summed E-state index contributed by atoms with van der Waals surface area (Å²) in [6.45, 7) is 5.88. The Hall–Kier alpha value is -4.43. The van der Waals surface area contributed by atoms with Gasteiger partial charge in [0.25, 0.3) is 0 Å². The number of fused-ring (bicyclic) bond motifs is 1. The van der Waals surface area contributed by atoms with Crippen molar-refractivity contribution < 1.29 is 41.6 Å². The number of unbranched alkanes of at least 4 members (excludes halogenated alkanes) is 1. The maximum atomic E-state index is 13.1. The highest BCUT2D eigenvalue weighted by Crippen LogP contribution is 2.21. The summed E-state index contributed by atoms with van der Waals surface area (Å²) in [5, 5.41) is 12.4. The lowest BCUT2D eigenvalue weighted by Crippen LogP contribution is -2.51. The first-order valence-electron chi connectivity index (χ1n) is 13.6. The van der Waals surface area contributed by atoms with E-state index in [-0.39, 0.29) is 43.0 Å². The quantitative estimate of drug-likeness (QED) is 0.160. The molecule has 2 aromatic rings. The first-order valence-corrected chi connectivity index (χ1v) is 13.6. The highest BCUT2D eigenvalue weighted by Gasteiger charge is 2.38. The van der Waals surface area contributed by atoms with Crippen molar-refractivity contribution in [1.82, 2.24) is 21.3 Å². The molecule has 0 radical (unpaired) electrons. The third-order valence-corrected chi connectivity index (χ3v) is 6.16. The van der Waals surface area contributed by atoms with E-state index in [0.29, 0.717) is 17.4 Å². The Balaban J connectivity index is 2.09. The molecule has 0 saturated carbocycles. The van der Waals surface area contributed by atoms with Crippen LogP contribution in [0.15, 0.2) is 33.5 Å². The predicted octanol–water partition coefficient (Wildman–Crippen LogP) is 2.04. The lowest BCUT2D eigenvalue weighted by Gasteiger charge is -2.21. The number of amides is 5. The van der Waals surface area contributed by atoms with Crippen molar-refractivity contribution in [1.29, 1.82) is 0 Å². The molecular weight excluding hydrogens is 575 g/mol. The van der Waals surface area contributed by atoms with Crippen molar-refractivity contribution in [3.05, 3.63) is 40.2 Å².